The van der Waals surface area contributed by atoms with E-state index >= 15 is 0 Å². The highest BCUT2D eigenvalue weighted by Crippen LogP contribution is 2.28. The second-order valence-corrected chi connectivity index (χ2v) is 6.85. The number of fused-ring (bicyclic) bond motifs is 1. The number of anilines is 1. The summed E-state index contributed by atoms with van der Waals surface area (Å²) in [6.45, 7) is 1.44. The van der Waals surface area contributed by atoms with Gasteiger partial charge in [0, 0.05) is 12.6 Å². The van der Waals surface area contributed by atoms with Crippen molar-refractivity contribution in [2.75, 3.05) is 11.3 Å². The standard InChI is InChI=1S/C15H15N3O4S/c19-18(20)14-6-1-2-7-15(14)23(21,22)17-13-5-3-4-11-10-16-9-8-12(11)13/h1-7,16-17H,8-10H2. The van der Waals surface area contributed by atoms with Gasteiger partial charge < -0.3 is 5.32 Å². The van der Waals surface area contributed by atoms with E-state index < -0.39 is 20.6 Å². The first-order valence-corrected chi connectivity index (χ1v) is 8.55. The molecule has 2 aromatic carbocycles. The third kappa shape index (κ3) is 3.03. The van der Waals surface area contributed by atoms with E-state index in [9.17, 15) is 18.5 Å². The fraction of sp³-hybridized carbons (Fsp3) is 0.200. The summed E-state index contributed by atoms with van der Waals surface area (Å²) in [5, 5.41) is 14.3. The van der Waals surface area contributed by atoms with Crippen LogP contribution < -0.4 is 10.0 Å². The van der Waals surface area contributed by atoms with Crippen LogP contribution in [0.3, 0.4) is 0 Å². The minimum Gasteiger partial charge on any atom is -0.312 e. The van der Waals surface area contributed by atoms with E-state index in [1.807, 2.05) is 6.07 Å². The van der Waals surface area contributed by atoms with Crippen molar-refractivity contribution in [1.29, 1.82) is 0 Å². The monoisotopic (exact) mass is 333 g/mol. The fourth-order valence-electron chi connectivity index (χ4n) is 2.66. The van der Waals surface area contributed by atoms with Gasteiger partial charge in [-0.15, -0.1) is 0 Å². The molecule has 0 bridgehead atoms. The Labute approximate surface area is 133 Å². The molecule has 0 saturated carbocycles. The summed E-state index contributed by atoms with van der Waals surface area (Å²) in [5.74, 6) is 0. The third-order valence-corrected chi connectivity index (χ3v) is 5.15. The molecule has 120 valence electrons. The van der Waals surface area contributed by atoms with Crippen LogP contribution in [0.5, 0.6) is 0 Å². The van der Waals surface area contributed by atoms with Crippen molar-refractivity contribution >= 4 is 21.4 Å². The highest BCUT2D eigenvalue weighted by Gasteiger charge is 2.26. The lowest BCUT2D eigenvalue weighted by Crippen LogP contribution is -2.25. The van der Waals surface area contributed by atoms with Crippen molar-refractivity contribution in [3.63, 3.8) is 0 Å². The molecule has 0 aliphatic carbocycles. The molecule has 0 saturated heterocycles. The van der Waals surface area contributed by atoms with E-state index in [0.717, 1.165) is 17.7 Å². The van der Waals surface area contributed by atoms with Crippen molar-refractivity contribution in [3.8, 4) is 0 Å². The van der Waals surface area contributed by atoms with Gasteiger partial charge in [0.1, 0.15) is 0 Å². The Balaban J connectivity index is 2.02. The summed E-state index contributed by atoms with van der Waals surface area (Å²) in [7, 11) is -4.03. The van der Waals surface area contributed by atoms with Gasteiger partial charge in [-0.25, -0.2) is 8.42 Å². The maximum absolute atomic E-state index is 12.6. The Morgan fingerprint density at radius 1 is 1.13 bits per heavy atom. The van der Waals surface area contributed by atoms with Crippen molar-refractivity contribution < 1.29 is 13.3 Å². The molecular weight excluding hydrogens is 318 g/mol. The number of sulfonamides is 1. The molecule has 0 aromatic heterocycles. The quantitative estimate of drug-likeness (QED) is 0.658. The molecule has 0 unspecified atom stereocenters. The van der Waals surface area contributed by atoms with Gasteiger partial charge in [-0.3, -0.25) is 14.8 Å². The predicted octanol–water partition coefficient (Wildman–Crippen LogP) is 2.04. The van der Waals surface area contributed by atoms with Gasteiger partial charge in [-0.05, 0) is 36.2 Å². The maximum Gasteiger partial charge on any atom is 0.289 e. The third-order valence-electron chi connectivity index (χ3n) is 3.74. The van der Waals surface area contributed by atoms with E-state index in [4.69, 9.17) is 0 Å². The summed E-state index contributed by atoms with van der Waals surface area (Å²) in [5.41, 5.74) is 1.99. The number of para-hydroxylation sites is 1. The van der Waals surface area contributed by atoms with Crippen molar-refractivity contribution in [2.45, 2.75) is 17.9 Å². The van der Waals surface area contributed by atoms with Gasteiger partial charge in [0.15, 0.2) is 4.90 Å². The Morgan fingerprint density at radius 2 is 1.91 bits per heavy atom. The van der Waals surface area contributed by atoms with E-state index in [1.165, 1.54) is 24.3 Å². The topological polar surface area (TPSA) is 101 Å². The molecular formula is C15H15N3O4S. The highest BCUT2D eigenvalue weighted by molar-refractivity contribution is 7.92. The Morgan fingerprint density at radius 3 is 2.70 bits per heavy atom. The van der Waals surface area contributed by atoms with Crippen LogP contribution in [-0.2, 0) is 23.0 Å². The first kappa shape index (κ1) is 15.4. The summed E-state index contributed by atoms with van der Waals surface area (Å²) in [6.07, 6.45) is 0.699. The molecule has 0 spiro atoms. The fourth-order valence-corrected chi connectivity index (χ4v) is 3.93. The van der Waals surface area contributed by atoms with E-state index in [1.54, 1.807) is 12.1 Å². The Hall–Kier alpha value is -2.45. The summed E-state index contributed by atoms with van der Waals surface area (Å²) >= 11 is 0. The SMILES string of the molecule is O=[N+]([O-])c1ccccc1S(=O)(=O)Nc1cccc2c1CCNC2. The minimum atomic E-state index is -4.03. The zero-order valence-electron chi connectivity index (χ0n) is 12.2. The van der Waals surface area contributed by atoms with Crippen LogP contribution in [0.2, 0.25) is 0 Å². The lowest BCUT2D eigenvalue weighted by atomic mass is 9.99. The van der Waals surface area contributed by atoms with Crippen LogP contribution in [0.1, 0.15) is 11.1 Å². The number of nitrogens with one attached hydrogen (secondary N) is 2. The van der Waals surface area contributed by atoms with Crippen molar-refractivity contribution in [3.05, 3.63) is 63.7 Å². The van der Waals surface area contributed by atoms with Crippen LogP contribution >= 0.6 is 0 Å². The molecule has 3 rings (SSSR count). The lowest BCUT2D eigenvalue weighted by Gasteiger charge is -2.21. The number of nitro benzene ring substituents is 1. The van der Waals surface area contributed by atoms with Gasteiger partial charge >= 0.3 is 0 Å². The van der Waals surface area contributed by atoms with E-state index in [-0.39, 0.29) is 4.90 Å². The van der Waals surface area contributed by atoms with Crippen LogP contribution in [0.4, 0.5) is 11.4 Å². The molecule has 2 N–H and O–H groups in total. The number of nitrogens with zero attached hydrogens (tertiary/aromatic N) is 1. The largest absolute Gasteiger partial charge is 0.312 e. The predicted molar refractivity (Wildman–Crippen MR) is 85.8 cm³/mol. The molecule has 2 aromatic rings. The van der Waals surface area contributed by atoms with Gasteiger partial charge in [-0.1, -0.05) is 24.3 Å². The average Bonchev–Trinajstić information content (AvgIpc) is 2.55. The lowest BCUT2D eigenvalue weighted by molar-refractivity contribution is -0.387. The van der Waals surface area contributed by atoms with Crippen LogP contribution in [0, 0.1) is 10.1 Å². The van der Waals surface area contributed by atoms with Gasteiger partial charge in [-0.2, -0.15) is 0 Å². The Kier molecular flexibility index (Phi) is 4.01. The number of rotatable bonds is 4. The molecule has 0 atom stereocenters. The summed E-state index contributed by atoms with van der Waals surface area (Å²) in [6, 6.07) is 10.7. The maximum atomic E-state index is 12.6. The summed E-state index contributed by atoms with van der Waals surface area (Å²) in [4.78, 5) is 10.0. The van der Waals surface area contributed by atoms with Crippen molar-refractivity contribution in [1.82, 2.24) is 5.32 Å². The molecule has 23 heavy (non-hydrogen) atoms. The zero-order chi connectivity index (χ0) is 16.4. The van der Waals surface area contributed by atoms with Crippen LogP contribution in [-0.4, -0.2) is 19.9 Å². The number of hydrogen-bond donors (Lipinski definition) is 2. The number of nitro groups is 1. The second-order valence-electron chi connectivity index (χ2n) is 5.20. The minimum absolute atomic E-state index is 0.337. The van der Waals surface area contributed by atoms with Crippen molar-refractivity contribution in [2.24, 2.45) is 0 Å². The Bertz CT molecular complexity index is 865. The van der Waals surface area contributed by atoms with Gasteiger partial charge in [0.2, 0.25) is 0 Å². The first-order chi connectivity index (χ1) is 11.0. The highest BCUT2D eigenvalue weighted by atomic mass is 32.2. The van der Waals surface area contributed by atoms with Gasteiger partial charge in [0.25, 0.3) is 15.7 Å². The van der Waals surface area contributed by atoms with E-state index in [2.05, 4.69) is 10.0 Å². The smallest absolute Gasteiger partial charge is 0.289 e. The molecule has 0 radical (unpaired) electrons. The van der Waals surface area contributed by atoms with Crippen LogP contribution in [0.25, 0.3) is 0 Å². The molecule has 8 heteroatoms. The molecule has 0 amide bonds. The normalized spacial score (nSPS) is 14.1. The first-order valence-electron chi connectivity index (χ1n) is 7.07. The molecule has 1 heterocycles. The molecule has 1 aliphatic rings. The molecule has 0 fully saturated rings. The van der Waals surface area contributed by atoms with Crippen LogP contribution in [0.15, 0.2) is 47.4 Å². The van der Waals surface area contributed by atoms with E-state index in [0.29, 0.717) is 18.7 Å². The molecule has 7 nitrogen and oxygen atoms in total. The average molecular weight is 333 g/mol. The zero-order valence-corrected chi connectivity index (χ0v) is 13.0. The molecule has 1 aliphatic heterocycles. The second kappa shape index (κ2) is 5.98. The number of hydrogen-bond acceptors (Lipinski definition) is 5. The van der Waals surface area contributed by atoms with Gasteiger partial charge in [0.05, 0.1) is 10.6 Å². The summed E-state index contributed by atoms with van der Waals surface area (Å²) < 4.78 is 27.7. The number of benzene rings is 2.